The second-order valence-electron chi connectivity index (χ2n) is 16.5. The van der Waals surface area contributed by atoms with Crippen molar-refractivity contribution >= 4 is 23.3 Å². The Bertz CT molecular complexity index is 2760. The van der Waals surface area contributed by atoms with Gasteiger partial charge in [-0.1, -0.05) is 215 Å². The van der Waals surface area contributed by atoms with Crippen LogP contribution in [0.25, 0.3) is 34.4 Å². The molecule has 0 saturated carbocycles. The van der Waals surface area contributed by atoms with E-state index in [0.29, 0.717) is 6.54 Å². The molecule has 6 aromatic carbocycles. The molecular weight excluding hydrogens is 735 g/mol. The molecule has 0 atom stereocenters. The van der Waals surface area contributed by atoms with Gasteiger partial charge in [0.2, 0.25) is 0 Å². The minimum Gasteiger partial charge on any atom is -0.342 e. The molecule has 6 aromatic rings. The summed E-state index contributed by atoms with van der Waals surface area (Å²) in [6, 6.07) is 55.2. The fourth-order valence-electron chi connectivity index (χ4n) is 9.82. The molecule has 0 aliphatic heterocycles. The molecule has 0 amide bonds. The van der Waals surface area contributed by atoms with Crippen LogP contribution in [0.1, 0.15) is 84.7 Å². The number of hydrogen-bond acceptors (Lipinski definition) is 1. The van der Waals surface area contributed by atoms with Gasteiger partial charge in [-0.15, -0.1) is 0 Å². The lowest BCUT2D eigenvalue weighted by Crippen LogP contribution is -2.30. The minimum atomic E-state index is -0.512. The Morgan fingerprint density at radius 1 is 0.639 bits per heavy atom. The molecule has 0 fully saturated rings. The number of allylic oxidation sites excluding steroid dienone is 10. The predicted molar refractivity (Wildman–Crippen MR) is 263 cm³/mol. The van der Waals surface area contributed by atoms with Gasteiger partial charge in [-0.3, -0.25) is 0 Å². The van der Waals surface area contributed by atoms with E-state index in [1.807, 2.05) is 18.2 Å². The van der Waals surface area contributed by atoms with E-state index in [4.69, 9.17) is 0 Å². The average Bonchev–Trinajstić information content (AvgIpc) is 3.69. The zero-order valence-corrected chi connectivity index (χ0v) is 36.2. The molecule has 61 heavy (non-hydrogen) atoms. The molecule has 0 N–H and O–H groups in total. The van der Waals surface area contributed by atoms with Crippen LogP contribution in [0.15, 0.2) is 224 Å². The van der Waals surface area contributed by atoms with Gasteiger partial charge in [-0.05, 0) is 117 Å². The van der Waals surface area contributed by atoms with Gasteiger partial charge in [0.05, 0.1) is 5.41 Å². The Balaban J connectivity index is 1.28. The van der Waals surface area contributed by atoms with Crippen molar-refractivity contribution in [1.82, 2.24) is 4.90 Å². The third kappa shape index (κ3) is 7.25. The second kappa shape index (κ2) is 17.3. The summed E-state index contributed by atoms with van der Waals surface area (Å²) in [6.45, 7) is 20.3. The predicted octanol–water partition coefficient (Wildman–Crippen LogP) is 15.4. The highest BCUT2D eigenvalue weighted by atomic mass is 15.1. The lowest BCUT2D eigenvalue weighted by Gasteiger charge is -2.36. The van der Waals surface area contributed by atoms with Gasteiger partial charge >= 0.3 is 0 Å². The summed E-state index contributed by atoms with van der Waals surface area (Å²) >= 11 is 0. The molecule has 1 heteroatoms. The molecule has 0 heterocycles. The maximum absolute atomic E-state index is 4.42. The Morgan fingerprint density at radius 2 is 1.23 bits per heavy atom. The average molecular weight is 790 g/mol. The first-order valence-corrected chi connectivity index (χ1v) is 21.4. The zero-order chi connectivity index (χ0) is 42.6. The molecule has 2 aliphatic rings. The van der Waals surface area contributed by atoms with Crippen LogP contribution in [0.5, 0.6) is 0 Å². The van der Waals surface area contributed by atoms with Crippen LogP contribution >= 0.6 is 0 Å². The molecule has 0 saturated heterocycles. The summed E-state index contributed by atoms with van der Waals surface area (Å²) in [5.74, 6) is 0. The third-order valence-electron chi connectivity index (χ3n) is 12.8. The van der Waals surface area contributed by atoms with E-state index in [0.717, 1.165) is 22.5 Å². The normalized spacial score (nSPS) is 15.5. The molecule has 0 aromatic heterocycles. The van der Waals surface area contributed by atoms with Gasteiger partial charge in [-0.25, -0.2) is 0 Å². The molecule has 0 radical (unpaired) electrons. The quantitative estimate of drug-likeness (QED) is 0.105. The van der Waals surface area contributed by atoms with Crippen LogP contribution in [-0.4, -0.2) is 11.4 Å². The fraction of sp³-hybridized carbons (Fsp3) is 0.133. The topological polar surface area (TPSA) is 3.24 Å². The highest BCUT2D eigenvalue weighted by Crippen LogP contribution is 2.55. The lowest BCUT2D eigenvalue weighted by atomic mass is 9.66. The van der Waals surface area contributed by atoms with E-state index in [-0.39, 0.29) is 5.41 Å². The first-order valence-electron chi connectivity index (χ1n) is 21.4. The zero-order valence-electron chi connectivity index (χ0n) is 36.2. The second-order valence-corrected chi connectivity index (χ2v) is 16.5. The Kier molecular flexibility index (Phi) is 11.6. The number of benzene rings is 6. The van der Waals surface area contributed by atoms with Crippen molar-refractivity contribution < 1.29 is 0 Å². The summed E-state index contributed by atoms with van der Waals surface area (Å²) in [4.78, 5) is 2.41. The van der Waals surface area contributed by atoms with Crippen molar-refractivity contribution in [2.75, 3.05) is 6.54 Å². The van der Waals surface area contributed by atoms with Gasteiger partial charge in [0.25, 0.3) is 0 Å². The molecular formula is C60H55N. The number of nitrogens with zero attached hydrogens (tertiary/aromatic N) is 1. The number of hydrogen-bond donors (Lipinski definition) is 0. The van der Waals surface area contributed by atoms with Crippen molar-refractivity contribution in [2.45, 2.75) is 45.4 Å². The van der Waals surface area contributed by atoms with E-state index < -0.39 is 5.41 Å². The number of rotatable bonds is 13. The lowest BCUT2D eigenvalue weighted by molar-refractivity contribution is 0.491. The van der Waals surface area contributed by atoms with Gasteiger partial charge in [0, 0.05) is 23.4 Å². The summed E-state index contributed by atoms with van der Waals surface area (Å²) in [7, 11) is 0. The van der Waals surface area contributed by atoms with Crippen LogP contribution in [0.2, 0.25) is 0 Å². The maximum Gasteiger partial charge on any atom is 0.0710 e. The summed E-state index contributed by atoms with van der Waals surface area (Å²) in [5.41, 5.74) is 19.3. The van der Waals surface area contributed by atoms with E-state index in [2.05, 4.69) is 241 Å². The minimum absolute atomic E-state index is 0.0640. The molecule has 0 unspecified atom stereocenters. The van der Waals surface area contributed by atoms with Gasteiger partial charge in [0.15, 0.2) is 0 Å². The number of fused-ring (bicyclic) bond motifs is 4. The van der Waals surface area contributed by atoms with E-state index in [9.17, 15) is 0 Å². The maximum atomic E-state index is 4.42. The highest BCUT2D eigenvalue weighted by molar-refractivity contribution is 5.92. The van der Waals surface area contributed by atoms with Gasteiger partial charge in [-0.2, -0.15) is 0 Å². The fourth-order valence-corrected chi connectivity index (χ4v) is 9.82. The van der Waals surface area contributed by atoms with Crippen molar-refractivity contribution in [3.63, 3.8) is 0 Å². The largest absolute Gasteiger partial charge is 0.342 e. The Morgan fingerprint density at radius 3 is 1.89 bits per heavy atom. The first-order chi connectivity index (χ1) is 29.7. The standard InChI is InChI=1S/C60H55N/c1-8-11-26-46-27-18-19-28-47(46)42-50(10-3)61(40-25-29-45(9-2)52-36-24-39-56-58(52)53-35-21-22-37-54(53)59(56,6)7)43(4)41-57-44(5)51-34-20-23-38-55(51)60(57,48-30-14-12-15-31-48)49-32-16-13-17-33-49/h8-39,41-42H,1,3,40H2,2,4-7H3/b26-11-,29-25-,43-41+,45-9+,50-42+. The van der Waals surface area contributed by atoms with E-state index in [1.165, 1.54) is 66.8 Å². The van der Waals surface area contributed by atoms with Gasteiger partial charge in [0.1, 0.15) is 0 Å². The van der Waals surface area contributed by atoms with Crippen LogP contribution < -0.4 is 0 Å². The summed E-state index contributed by atoms with van der Waals surface area (Å²) in [6.07, 6.45) is 19.5. The van der Waals surface area contributed by atoms with Crippen LogP contribution in [-0.2, 0) is 10.8 Å². The SMILES string of the molecule is C=C/C=C\c1ccccc1/C=C(\C=C)N(C/C=C\C(=C/C)c1cccc2c1-c1ccccc1C2(C)C)/C(C)=C/C1=C(C)c2ccccc2C1(c1ccccc1)c1ccccc1. The highest BCUT2D eigenvalue weighted by Gasteiger charge is 2.46. The van der Waals surface area contributed by atoms with Crippen LogP contribution in [0.3, 0.4) is 0 Å². The Hall–Kier alpha value is -6.96. The molecule has 0 spiro atoms. The van der Waals surface area contributed by atoms with Crippen LogP contribution in [0, 0.1) is 0 Å². The molecule has 8 rings (SSSR count). The van der Waals surface area contributed by atoms with Crippen molar-refractivity contribution in [2.24, 2.45) is 0 Å². The summed E-state index contributed by atoms with van der Waals surface area (Å²) < 4.78 is 0. The monoisotopic (exact) mass is 789 g/mol. The van der Waals surface area contributed by atoms with Crippen molar-refractivity contribution in [3.8, 4) is 11.1 Å². The molecule has 300 valence electrons. The van der Waals surface area contributed by atoms with Gasteiger partial charge < -0.3 is 4.90 Å². The molecule has 2 aliphatic carbocycles. The first kappa shape index (κ1) is 40.8. The molecule has 0 bridgehead atoms. The van der Waals surface area contributed by atoms with Crippen molar-refractivity contribution in [1.29, 1.82) is 0 Å². The summed E-state index contributed by atoms with van der Waals surface area (Å²) in [5, 5.41) is 0. The van der Waals surface area contributed by atoms with E-state index in [1.54, 1.807) is 0 Å². The third-order valence-corrected chi connectivity index (χ3v) is 12.8. The van der Waals surface area contributed by atoms with Crippen molar-refractivity contribution in [3.05, 3.63) is 274 Å². The van der Waals surface area contributed by atoms with Crippen LogP contribution in [0.4, 0.5) is 0 Å². The molecule has 1 nitrogen and oxygen atoms in total. The smallest absolute Gasteiger partial charge is 0.0710 e. The van der Waals surface area contributed by atoms with E-state index >= 15 is 0 Å². The Labute approximate surface area is 364 Å².